The first-order chi connectivity index (χ1) is 15.8. The second-order valence-corrected chi connectivity index (χ2v) is 6.76. The van der Waals surface area contributed by atoms with E-state index < -0.39 is 23.5 Å². The second-order valence-electron chi connectivity index (χ2n) is 6.76. The molecule has 0 unspecified atom stereocenters. The zero-order chi connectivity index (χ0) is 23.4. The quantitative estimate of drug-likeness (QED) is 0.406. The molecule has 0 saturated carbocycles. The summed E-state index contributed by atoms with van der Waals surface area (Å²) < 4.78 is 56.1. The van der Waals surface area contributed by atoms with Gasteiger partial charge in [-0.05, 0) is 36.2 Å². The molecule has 2 aromatic carbocycles. The van der Waals surface area contributed by atoms with Crippen LogP contribution >= 0.6 is 0 Å². The van der Waals surface area contributed by atoms with Gasteiger partial charge in [-0.3, -0.25) is 9.36 Å². The number of nitrogens with zero attached hydrogens (tertiary/aromatic N) is 5. The Labute approximate surface area is 183 Å². The maximum Gasteiger partial charge on any atom is 0.573 e. The van der Waals surface area contributed by atoms with Gasteiger partial charge >= 0.3 is 6.36 Å². The molecule has 0 radical (unpaired) electrons. The van der Waals surface area contributed by atoms with Crippen LogP contribution in [0.15, 0.2) is 59.7 Å². The summed E-state index contributed by atoms with van der Waals surface area (Å²) in [6.07, 6.45) is -0.896. The van der Waals surface area contributed by atoms with Gasteiger partial charge in [0.15, 0.2) is 11.6 Å². The monoisotopic (exact) mass is 461 g/mol. The summed E-state index contributed by atoms with van der Waals surface area (Å²) in [6.45, 7) is 0. The molecule has 0 atom stereocenters. The normalized spacial score (nSPS) is 11.4. The van der Waals surface area contributed by atoms with Gasteiger partial charge in [0, 0.05) is 30.6 Å². The summed E-state index contributed by atoms with van der Waals surface area (Å²) in [7, 11) is 0. The first-order valence-corrected chi connectivity index (χ1v) is 9.50. The minimum Gasteiger partial charge on any atom is -0.406 e. The van der Waals surface area contributed by atoms with E-state index in [0.29, 0.717) is 30.4 Å². The molecule has 33 heavy (non-hydrogen) atoms. The van der Waals surface area contributed by atoms with E-state index in [1.165, 1.54) is 17.0 Å². The molecule has 0 bridgehead atoms. The molecular weight excluding hydrogens is 446 g/mol. The van der Waals surface area contributed by atoms with E-state index in [0.717, 1.165) is 17.7 Å². The highest BCUT2D eigenvalue weighted by molar-refractivity contribution is 5.58. The molecule has 0 aliphatic rings. The van der Waals surface area contributed by atoms with Gasteiger partial charge in [-0.1, -0.05) is 17.3 Å². The van der Waals surface area contributed by atoms with E-state index in [1.54, 1.807) is 12.1 Å². The number of H-pyrrole nitrogens is 1. The Balaban J connectivity index is 1.50. The highest BCUT2D eigenvalue weighted by Gasteiger charge is 2.31. The average molecular weight is 461 g/mol. The number of hydrogen-bond acceptors (Lipinski definition) is 7. The first-order valence-electron chi connectivity index (χ1n) is 9.50. The number of aromatic nitrogens is 6. The number of tetrazole rings is 1. The lowest BCUT2D eigenvalue weighted by Crippen LogP contribution is -2.22. The molecular formula is C20H15F4N7O2. The second kappa shape index (κ2) is 9.06. The molecule has 4 aromatic rings. The van der Waals surface area contributed by atoms with Crippen LogP contribution in [-0.4, -0.2) is 36.5 Å². The average Bonchev–Trinajstić information content (AvgIpc) is 3.29. The van der Waals surface area contributed by atoms with E-state index in [-0.39, 0.29) is 11.5 Å². The zero-order valence-corrected chi connectivity index (χ0v) is 16.7. The number of ether oxygens (including phenoxy) is 1. The maximum atomic E-state index is 14.2. The van der Waals surface area contributed by atoms with Crippen molar-refractivity contribution in [3.63, 3.8) is 0 Å². The van der Waals surface area contributed by atoms with Gasteiger partial charge in [-0.2, -0.15) is 5.21 Å². The van der Waals surface area contributed by atoms with Gasteiger partial charge in [0.2, 0.25) is 0 Å². The fourth-order valence-electron chi connectivity index (χ4n) is 2.99. The van der Waals surface area contributed by atoms with Crippen LogP contribution in [-0.2, 0) is 12.8 Å². The lowest BCUT2D eigenvalue weighted by molar-refractivity contribution is -0.274. The van der Waals surface area contributed by atoms with Crippen molar-refractivity contribution < 1.29 is 22.3 Å². The number of nitrogens with one attached hydrogen (secondary N) is 2. The Morgan fingerprint density at radius 2 is 1.88 bits per heavy atom. The number of hydrogen-bond donors (Lipinski definition) is 2. The Morgan fingerprint density at radius 1 is 1.09 bits per heavy atom. The van der Waals surface area contributed by atoms with Crippen molar-refractivity contribution in [2.75, 3.05) is 5.32 Å². The zero-order valence-electron chi connectivity index (χ0n) is 16.7. The third-order valence-corrected chi connectivity index (χ3v) is 4.51. The SMILES string of the molecule is O=c1c(Nc2ccc(OC(F)(F)F)cc2F)nccn1-c1ccc(CCc2nn[nH]n2)cc1. The maximum absolute atomic E-state index is 14.2. The van der Waals surface area contributed by atoms with Gasteiger partial charge in [-0.25, -0.2) is 9.37 Å². The predicted octanol–water partition coefficient (Wildman–Crippen LogP) is 3.31. The summed E-state index contributed by atoms with van der Waals surface area (Å²) in [5, 5.41) is 16.2. The van der Waals surface area contributed by atoms with Crippen LogP contribution in [0.1, 0.15) is 11.4 Å². The van der Waals surface area contributed by atoms with Crippen LogP contribution in [0, 0.1) is 5.82 Å². The van der Waals surface area contributed by atoms with Gasteiger partial charge < -0.3 is 10.1 Å². The summed E-state index contributed by atoms with van der Waals surface area (Å²) in [4.78, 5) is 16.7. The Bertz CT molecular complexity index is 1290. The number of aryl methyl sites for hydroxylation is 2. The first kappa shape index (κ1) is 21.9. The van der Waals surface area contributed by atoms with E-state index in [1.807, 2.05) is 12.1 Å². The largest absolute Gasteiger partial charge is 0.573 e. The van der Waals surface area contributed by atoms with Crippen molar-refractivity contribution in [2.45, 2.75) is 19.2 Å². The Kier molecular flexibility index (Phi) is 6.02. The van der Waals surface area contributed by atoms with Crippen molar-refractivity contribution >= 4 is 11.5 Å². The molecule has 0 aliphatic heterocycles. The Morgan fingerprint density at radius 3 is 2.55 bits per heavy atom. The van der Waals surface area contributed by atoms with E-state index >= 15 is 0 Å². The van der Waals surface area contributed by atoms with Crippen LogP contribution in [0.25, 0.3) is 5.69 Å². The molecule has 0 spiro atoms. The van der Waals surface area contributed by atoms with E-state index in [2.05, 4.69) is 35.7 Å². The van der Waals surface area contributed by atoms with Crippen LogP contribution in [0.3, 0.4) is 0 Å². The molecule has 0 amide bonds. The van der Waals surface area contributed by atoms with Crippen LogP contribution < -0.4 is 15.6 Å². The molecule has 9 nitrogen and oxygen atoms in total. The summed E-state index contributed by atoms with van der Waals surface area (Å²) in [6, 6.07) is 9.66. The highest BCUT2D eigenvalue weighted by Crippen LogP contribution is 2.27. The van der Waals surface area contributed by atoms with Gasteiger partial charge in [0.05, 0.1) is 5.69 Å². The van der Waals surface area contributed by atoms with Crippen molar-refractivity contribution in [2.24, 2.45) is 0 Å². The van der Waals surface area contributed by atoms with Crippen molar-refractivity contribution in [3.05, 3.63) is 82.4 Å². The number of aromatic amines is 1. The molecule has 2 N–H and O–H groups in total. The van der Waals surface area contributed by atoms with Crippen molar-refractivity contribution in [1.82, 2.24) is 30.2 Å². The molecule has 0 saturated heterocycles. The number of rotatable bonds is 7. The number of halogens is 4. The summed E-state index contributed by atoms with van der Waals surface area (Å²) >= 11 is 0. The van der Waals surface area contributed by atoms with Crippen LogP contribution in [0.2, 0.25) is 0 Å². The van der Waals surface area contributed by atoms with Gasteiger partial charge in [0.25, 0.3) is 5.56 Å². The summed E-state index contributed by atoms with van der Waals surface area (Å²) in [5.41, 5.74) is 0.728. The van der Waals surface area contributed by atoms with Crippen LogP contribution in [0.5, 0.6) is 5.75 Å². The number of anilines is 2. The van der Waals surface area contributed by atoms with E-state index in [9.17, 15) is 22.4 Å². The highest BCUT2D eigenvalue weighted by atomic mass is 19.4. The fraction of sp³-hybridized carbons (Fsp3) is 0.150. The third-order valence-electron chi connectivity index (χ3n) is 4.51. The molecule has 0 aliphatic carbocycles. The minimum atomic E-state index is -4.95. The molecule has 4 rings (SSSR count). The molecule has 0 fully saturated rings. The third kappa shape index (κ3) is 5.50. The van der Waals surface area contributed by atoms with E-state index in [4.69, 9.17) is 0 Å². The van der Waals surface area contributed by atoms with Crippen molar-refractivity contribution in [3.8, 4) is 11.4 Å². The van der Waals surface area contributed by atoms with Gasteiger partial charge in [-0.15, -0.1) is 23.4 Å². The van der Waals surface area contributed by atoms with Crippen molar-refractivity contribution in [1.29, 1.82) is 0 Å². The topological polar surface area (TPSA) is 111 Å². The smallest absolute Gasteiger partial charge is 0.406 e. The van der Waals surface area contributed by atoms with Gasteiger partial charge in [0.1, 0.15) is 11.6 Å². The molecule has 2 aromatic heterocycles. The molecule has 2 heterocycles. The number of benzene rings is 2. The van der Waals surface area contributed by atoms with Crippen LogP contribution in [0.4, 0.5) is 29.1 Å². The lowest BCUT2D eigenvalue weighted by atomic mass is 10.1. The lowest BCUT2D eigenvalue weighted by Gasteiger charge is -2.12. The number of alkyl halides is 3. The standard InChI is InChI=1S/C20H15F4N7O2/c21-15-11-14(33-20(22,23)24)6-7-16(15)26-18-19(32)31(10-9-25-18)13-4-1-12(2-5-13)3-8-17-27-29-30-28-17/h1-2,4-7,9-11H,3,8H2,(H,25,26)(H,27,28,29,30). The Hall–Kier alpha value is -4.29. The minimum absolute atomic E-state index is 0.206. The molecule has 13 heteroatoms. The predicted molar refractivity (Wildman–Crippen MR) is 108 cm³/mol. The fourth-order valence-corrected chi connectivity index (χ4v) is 2.99. The summed E-state index contributed by atoms with van der Waals surface area (Å²) in [5.74, 6) is -1.38. The molecule has 170 valence electrons.